The van der Waals surface area contributed by atoms with Crippen LogP contribution in [0.4, 0.5) is 0 Å². The molecule has 0 spiro atoms. The van der Waals surface area contributed by atoms with Gasteiger partial charge >= 0.3 is 0 Å². The van der Waals surface area contributed by atoms with Gasteiger partial charge in [0.25, 0.3) is 0 Å². The third kappa shape index (κ3) is 20.5. The SMILES string of the molecule is CCCCCCCCCCCCCCCCC1(CC)CNCCO1.CCOSOCC. The van der Waals surface area contributed by atoms with E-state index in [-0.39, 0.29) is 5.60 Å². The third-order valence-electron chi connectivity index (χ3n) is 6.10. The number of ether oxygens (including phenoxy) is 1. The van der Waals surface area contributed by atoms with Crippen molar-refractivity contribution in [1.82, 2.24) is 5.32 Å². The number of morpholine rings is 1. The largest absolute Gasteiger partial charge is 0.372 e. The first-order valence-electron chi connectivity index (χ1n) is 13.5. The Hall–Kier alpha value is 0.190. The van der Waals surface area contributed by atoms with Crippen molar-refractivity contribution in [3.8, 4) is 0 Å². The summed E-state index contributed by atoms with van der Waals surface area (Å²) in [4.78, 5) is 0. The Kier molecular flexibility index (Phi) is 25.0. The smallest absolute Gasteiger partial charge is 0.158 e. The van der Waals surface area contributed by atoms with Crippen molar-refractivity contribution < 1.29 is 13.1 Å². The molecule has 0 aromatic carbocycles. The van der Waals surface area contributed by atoms with Crippen molar-refractivity contribution in [3.05, 3.63) is 0 Å². The number of hydrogen-bond donors (Lipinski definition) is 1. The molecule has 1 atom stereocenters. The monoisotopic (exact) mass is 461 g/mol. The van der Waals surface area contributed by atoms with Crippen LogP contribution in [-0.2, 0) is 13.1 Å². The van der Waals surface area contributed by atoms with Gasteiger partial charge in [0.05, 0.1) is 25.4 Å². The lowest BCUT2D eigenvalue weighted by Crippen LogP contribution is -2.49. The lowest BCUT2D eigenvalue weighted by Gasteiger charge is -2.37. The summed E-state index contributed by atoms with van der Waals surface area (Å²) in [5, 5.41) is 3.50. The Labute approximate surface area is 199 Å². The molecule has 0 radical (unpaired) electrons. The summed E-state index contributed by atoms with van der Waals surface area (Å²) in [5.41, 5.74) is 0.148. The first-order chi connectivity index (χ1) is 15.2. The average molecular weight is 462 g/mol. The van der Waals surface area contributed by atoms with E-state index in [4.69, 9.17) is 13.1 Å². The molecule has 1 heterocycles. The highest BCUT2D eigenvalue weighted by Gasteiger charge is 2.30. The fraction of sp³-hybridized carbons (Fsp3) is 1.00. The molecule has 188 valence electrons. The molecular weight excluding hydrogens is 406 g/mol. The van der Waals surface area contributed by atoms with E-state index in [2.05, 4.69) is 19.2 Å². The second-order valence-electron chi connectivity index (χ2n) is 8.79. The molecular formula is C26H55NO3S. The first-order valence-corrected chi connectivity index (χ1v) is 14.2. The Morgan fingerprint density at radius 3 is 1.58 bits per heavy atom. The van der Waals surface area contributed by atoms with E-state index < -0.39 is 0 Å². The first kappa shape index (κ1) is 31.2. The molecule has 1 N–H and O–H groups in total. The van der Waals surface area contributed by atoms with Crippen LogP contribution in [0.5, 0.6) is 0 Å². The van der Waals surface area contributed by atoms with Crippen LogP contribution in [0.1, 0.15) is 130 Å². The number of nitrogens with one attached hydrogen (secondary N) is 1. The van der Waals surface area contributed by atoms with Gasteiger partial charge < -0.3 is 10.1 Å². The van der Waals surface area contributed by atoms with Crippen molar-refractivity contribution in [2.45, 2.75) is 136 Å². The Morgan fingerprint density at radius 2 is 1.19 bits per heavy atom. The van der Waals surface area contributed by atoms with Crippen molar-refractivity contribution >= 4 is 12.3 Å². The Bertz CT molecular complexity index is 335. The molecule has 1 aliphatic rings. The van der Waals surface area contributed by atoms with Crippen molar-refractivity contribution in [1.29, 1.82) is 0 Å². The van der Waals surface area contributed by atoms with Gasteiger partial charge in [0.2, 0.25) is 0 Å². The standard InChI is InChI=1S/C22H45NO.C4H10O2S/c1-3-5-6-7-8-9-10-11-12-13-14-15-16-17-18-22(4-2)21-23-19-20-24-22;1-3-5-7-6-4-2/h23H,3-21H2,1-2H3;3-4H2,1-2H3. The van der Waals surface area contributed by atoms with Gasteiger partial charge in [0.1, 0.15) is 0 Å². The topological polar surface area (TPSA) is 39.7 Å². The molecule has 4 nitrogen and oxygen atoms in total. The fourth-order valence-corrected chi connectivity index (χ4v) is 4.30. The number of rotatable bonds is 20. The van der Waals surface area contributed by atoms with Gasteiger partial charge in [-0.2, -0.15) is 0 Å². The van der Waals surface area contributed by atoms with Crippen LogP contribution < -0.4 is 5.32 Å². The predicted molar refractivity (Wildman–Crippen MR) is 138 cm³/mol. The molecule has 0 saturated carbocycles. The number of unbranched alkanes of at least 4 members (excludes halogenated alkanes) is 13. The third-order valence-corrected chi connectivity index (χ3v) is 6.76. The number of hydrogen-bond acceptors (Lipinski definition) is 5. The van der Waals surface area contributed by atoms with E-state index in [0.29, 0.717) is 13.2 Å². The zero-order valence-corrected chi connectivity index (χ0v) is 22.3. The molecule has 1 unspecified atom stereocenters. The van der Waals surface area contributed by atoms with E-state index >= 15 is 0 Å². The van der Waals surface area contributed by atoms with Gasteiger partial charge in [-0.15, -0.1) is 0 Å². The normalized spacial score (nSPS) is 18.6. The minimum absolute atomic E-state index is 0.148. The highest BCUT2D eigenvalue weighted by atomic mass is 32.2. The molecule has 0 amide bonds. The van der Waals surface area contributed by atoms with E-state index in [1.54, 1.807) is 0 Å². The maximum Gasteiger partial charge on any atom is 0.158 e. The van der Waals surface area contributed by atoms with E-state index in [9.17, 15) is 0 Å². The van der Waals surface area contributed by atoms with Crippen molar-refractivity contribution in [2.24, 2.45) is 0 Å². The summed E-state index contributed by atoms with van der Waals surface area (Å²) >= 11 is 1.05. The summed E-state index contributed by atoms with van der Waals surface area (Å²) in [6.07, 6.45) is 22.5. The molecule has 1 fully saturated rings. The van der Waals surface area contributed by atoms with Crippen LogP contribution in [0, 0.1) is 0 Å². The zero-order chi connectivity index (χ0) is 22.9. The maximum atomic E-state index is 6.07. The summed E-state index contributed by atoms with van der Waals surface area (Å²) in [5.74, 6) is 0. The van der Waals surface area contributed by atoms with Gasteiger partial charge in [-0.25, -0.2) is 0 Å². The molecule has 0 aliphatic carbocycles. The summed E-state index contributed by atoms with van der Waals surface area (Å²) in [6.45, 7) is 12.8. The lowest BCUT2D eigenvalue weighted by molar-refractivity contribution is -0.0748. The zero-order valence-electron chi connectivity index (χ0n) is 21.5. The van der Waals surface area contributed by atoms with Crippen LogP contribution in [-0.4, -0.2) is 38.5 Å². The highest BCUT2D eigenvalue weighted by molar-refractivity contribution is 7.89. The van der Waals surface area contributed by atoms with Gasteiger partial charge in [0.15, 0.2) is 12.3 Å². The average Bonchev–Trinajstić information content (AvgIpc) is 2.81. The predicted octanol–water partition coefficient (Wildman–Crippen LogP) is 8.25. The summed E-state index contributed by atoms with van der Waals surface area (Å²) in [6, 6.07) is 0. The van der Waals surface area contributed by atoms with Gasteiger partial charge in [-0.05, 0) is 26.7 Å². The maximum absolute atomic E-state index is 6.07. The van der Waals surface area contributed by atoms with E-state index in [0.717, 1.165) is 38.4 Å². The Balaban J connectivity index is 0.00000110. The van der Waals surface area contributed by atoms with Crippen LogP contribution in [0.25, 0.3) is 0 Å². The lowest BCUT2D eigenvalue weighted by atomic mass is 9.91. The Morgan fingerprint density at radius 1 is 0.710 bits per heavy atom. The van der Waals surface area contributed by atoms with Gasteiger partial charge in [-0.3, -0.25) is 8.37 Å². The fourth-order valence-electron chi connectivity index (χ4n) is 4.04. The van der Waals surface area contributed by atoms with Crippen LogP contribution >= 0.6 is 12.3 Å². The molecule has 1 aliphatic heterocycles. The second-order valence-corrected chi connectivity index (χ2v) is 9.40. The van der Waals surface area contributed by atoms with Crippen LogP contribution in [0.3, 0.4) is 0 Å². The summed E-state index contributed by atoms with van der Waals surface area (Å²) in [7, 11) is 0. The molecule has 5 heteroatoms. The van der Waals surface area contributed by atoms with Gasteiger partial charge in [0, 0.05) is 13.1 Å². The molecule has 0 bridgehead atoms. The molecule has 31 heavy (non-hydrogen) atoms. The van der Waals surface area contributed by atoms with Crippen molar-refractivity contribution in [2.75, 3.05) is 32.9 Å². The minimum atomic E-state index is 0.148. The van der Waals surface area contributed by atoms with E-state index in [1.165, 1.54) is 96.3 Å². The minimum Gasteiger partial charge on any atom is -0.372 e. The molecule has 0 aromatic rings. The molecule has 1 rings (SSSR count). The van der Waals surface area contributed by atoms with Crippen LogP contribution in [0.15, 0.2) is 0 Å². The molecule has 0 aromatic heterocycles. The second kappa shape index (κ2) is 24.8. The van der Waals surface area contributed by atoms with Gasteiger partial charge in [-0.1, -0.05) is 104 Å². The molecule has 1 saturated heterocycles. The van der Waals surface area contributed by atoms with E-state index in [1.807, 2.05) is 13.8 Å². The summed E-state index contributed by atoms with van der Waals surface area (Å²) < 4.78 is 15.6. The van der Waals surface area contributed by atoms with Crippen LogP contribution in [0.2, 0.25) is 0 Å². The van der Waals surface area contributed by atoms with Crippen molar-refractivity contribution in [3.63, 3.8) is 0 Å². The quantitative estimate of drug-likeness (QED) is 0.146. The highest BCUT2D eigenvalue weighted by Crippen LogP contribution is 2.25.